The Bertz CT molecular complexity index is 904. The lowest BCUT2D eigenvalue weighted by Gasteiger charge is -2.14. The van der Waals surface area contributed by atoms with Crippen LogP contribution in [0.4, 0.5) is 0 Å². The zero-order valence-electron chi connectivity index (χ0n) is 18.2. The summed E-state index contributed by atoms with van der Waals surface area (Å²) in [4.78, 5) is 16.6. The fourth-order valence-electron chi connectivity index (χ4n) is 3.06. The Morgan fingerprint density at radius 1 is 1.10 bits per heavy atom. The summed E-state index contributed by atoms with van der Waals surface area (Å²) in [6.45, 7) is 5.65. The second-order valence-corrected chi connectivity index (χ2v) is 7.27. The van der Waals surface area contributed by atoms with E-state index in [1.807, 2.05) is 49.4 Å². The van der Waals surface area contributed by atoms with E-state index in [-0.39, 0.29) is 42.7 Å². The lowest BCUT2D eigenvalue weighted by molar-refractivity contribution is 0.0939. The fraction of sp³-hybridized carbons (Fsp3) is 0.391. The SMILES string of the molecule is CCC(C)NC(=O)c1cccc(CNC(=NC)NCCc2ccc3c(c2)OCO3)c1.I. The Morgan fingerprint density at radius 2 is 1.90 bits per heavy atom. The maximum absolute atomic E-state index is 12.3. The highest BCUT2D eigenvalue weighted by Gasteiger charge is 2.13. The van der Waals surface area contributed by atoms with E-state index in [0.29, 0.717) is 18.1 Å². The van der Waals surface area contributed by atoms with Crippen molar-refractivity contribution in [3.8, 4) is 11.5 Å². The number of halogens is 1. The van der Waals surface area contributed by atoms with Gasteiger partial charge in [-0.25, -0.2) is 0 Å². The summed E-state index contributed by atoms with van der Waals surface area (Å²) >= 11 is 0. The van der Waals surface area contributed by atoms with E-state index >= 15 is 0 Å². The number of amides is 1. The number of carbonyl (C=O) groups excluding carboxylic acids is 1. The molecule has 0 fully saturated rings. The van der Waals surface area contributed by atoms with Gasteiger partial charge in [-0.2, -0.15) is 0 Å². The van der Waals surface area contributed by atoms with Gasteiger partial charge in [-0.05, 0) is 55.2 Å². The molecule has 1 amide bonds. The van der Waals surface area contributed by atoms with Gasteiger partial charge in [0.25, 0.3) is 5.91 Å². The van der Waals surface area contributed by atoms with E-state index in [4.69, 9.17) is 9.47 Å². The summed E-state index contributed by atoms with van der Waals surface area (Å²) in [7, 11) is 1.74. The first-order valence-corrected chi connectivity index (χ1v) is 10.3. The van der Waals surface area contributed by atoms with Gasteiger partial charge in [0.1, 0.15) is 0 Å². The van der Waals surface area contributed by atoms with Gasteiger partial charge in [-0.15, -0.1) is 24.0 Å². The minimum Gasteiger partial charge on any atom is -0.454 e. The molecule has 1 aliphatic heterocycles. The average molecular weight is 538 g/mol. The highest BCUT2D eigenvalue weighted by Crippen LogP contribution is 2.32. The van der Waals surface area contributed by atoms with Crippen LogP contribution in [0.1, 0.15) is 41.8 Å². The minimum atomic E-state index is -0.0440. The molecule has 0 bridgehead atoms. The molecule has 0 aromatic heterocycles. The molecule has 0 saturated heterocycles. The number of nitrogens with zero attached hydrogens (tertiary/aromatic N) is 1. The van der Waals surface area contributed by atoms with Crippen molar-refractivity contribution in [2.45, 2.75) is 39.3 Å². The molecule has 0 spiro atoms. The van der Waals surface area contributed by atoms with Gasteiger partial charge in [0.2, 0.25) is 6.79 Å². The topological polar surface area (TPSA) is 84.0 Å². The Morgan fingerprint density at radius 3 is 2.68 bits per heavy atom. The van der Waals surface area contributed by atoms with Crippen molar-refractivity contribution in [1.82, 2.24) is 16.0 Å². The number of aliphatic imine (C=N–C) groups is 1. The summed E-state index contributed by atoms with van der Waals surface area (Å²) in [6.07, 6.45) is 1.74. The van der Waals surface area contributed by atoms with Crippen LogP contribution in [-0.4, -0.2) is 38.3 Å². The van der Waals surface area contributed by atoms with Gasteiger partial charge in [0, 0.05) is 31.7 Å². The number of fused-ring (bicyclic) bond motifs is 1. The summed E-state index contributed by atoms with van der Waals surface area (Å²) in [6, 6.07) is 13.8. The summed E-state index contributed by atoms with van der Waals surface area (Å²) in [5.74, 6) is 2.26. The number of carbonyl (C=O) groups is 1. The normalized spacial score (nSPS) is 13.2. The van der Waals surface area contributed by atoms with Crippen molar-refractivity contribution < 1.29 is 14.3 Å². The van der Waals surface area contributed by atoms with Crippen LogP contribution in [0.15, 0.2) is 47.5 Å². The minimum absolute atomic E-state index is 0. The van der Waals surface area contributed by atoms with Crippen LogP contribution in [0.25, 0.3) is 0 Å². The number of hydrogen-bond donors (Lipinski definition) is 3. The summed E-state index contributed by atoms with van der Waals surface area (Å²) in [5.41, 5.74) is 2.85. The van der Waals surface area contributed by atoms with Gasteiger partial charge in [0.05, 0.1) is 0 Å². The molecule has 1 unspecified atom stereocenters. The van der Waals surface area contributed by atoms with E-state index in [2.05, 4.69) is 27.9 Å². The number of rotatable bonds is 8. The third-order valence-corrected chi connectivity index (χ3v) is 5.01. The first-order valence-electron chi connectivity index (χ1n) is 10.3. The third kappa shape index (κ3) is 7.30. The molecule has 2 aromatic carbocycles. The van der Waals surface area contributed by atoms with Gasteiger partial charge >= 0.3 is 0 Å². The predicted octanol–water partition coefficient (Wildman–Crippen LogP) is 3.47. The standard InChI is InChI=1S/C23H30N4O3.HI/c1-4-16(2)27-22(28)19-7-5-6-18(12-19)14-26-23(24-3)25-11-10-17-8-9-20-21(13-17)30-15-29-20;/h5-9,12-13,16H,4,10-11,14-15H2,1-3H3,(H,27,28)(H2,24,25,26);1H. The Balaban J connectivity index is 0.00000341. The average Bonchev–Trinajstić information content (AvgIpc) is 3.24. The number of guanidine groups is 1. The van der Waals surface area contributed by atoms with Crippen LogP contribution in [0, 0.1) is 0 Å². The molecule has 0 aliphatic carbocycles. The molecule has 3 N–H and O–H groups in total. The van der Waals surface area contributed by atoms with Crippen molar-refractivity contribution in [1.29, 1.82) is 0 Å². The quantitative estimate of drug-likeness (QED) is 0.273. The molecule has 0 radical (unpaired) electrons. The van der Waals surface area contributed by atoms with E-state index in [1.54, 1.807) is 7.05 Å². The molecule has 0 saturated carbocycles. The molecule has 31 heavy (non-hydrogen) atoms. The number of hydrogen-bond acceptors (Lipinski definition) is 4. The van der Waals surface area contributed by atoms with Crippen LogP contribution in [-0.2, 0) is 13.0 Å². The van der Waals surface area contributed by atoms with Gasteiger partial charge in [0.15, 0.2) is 17.5 Å². The highest BCUT2D eigenvalue weighted by molar-refractivity contribution is 14.0. The predicted molar refractivity (Wildman–Crippen MR) is 134 cm³/mol. The fourth-order valence-corrected chi connectivity index (χ4v) is 3.06. The third-order valence-electron chi connectivity index (χ3n) is 5.01. The molecular weight excluding hydrogens is 507 g/mol. The molecule has 1 aliphatic rings. The first-order chi connectivity index (χ1) is 14.6. The Labute approximate surface area is 201 Å². The Kier molecular flexibility index (Phi) is 9.90. The number of nitrogens with one attached hydrogen (secondary N) is 3. The lowest BCUT2D eigenvalue weighted by atomic mass is 10.1. The smallest absolute Gasteiger partial charge is 0.251 e. The van der Waals surface area contributed by atoms with Crippen LogP contribution < -0.4 is 25.4 Å². The van der Waals surface area contributed by atoms with E-state index < -0.39 is 0 Å². The van der Waals surface area contributed by atoms with E-state index in [1.165, 1.54) is 5.56 Å². The van der Waals surface area contributed by atoms with Crippen molar-refractivity contribution in [2.75, 3.05) is 20.4 Å². The maximum atomic E-state index is 12.3. The molecular formula is C23H31IN4O3. The summed E-state index contributed by atoms with van der Waals surface area (Å²) in [5, 5.41) is 9.60. The highest BCUT2D eigenvalue weighted by atomic mass is 127. The number of ether oxygens (including phenoxy) is 2. The first kappa shape index (κ1) is 24.8. The van der Waals surface area contributed by atoms with Crippen molar-refractivity contribution in [2.24, 2.45) is 4.99 Å². The molecule has 1 atom stereocenters. The largest absolute Gasteiger partial charge is 0.454 e. The van der Waals surface area contributed by atoms with Gasteiger partial charge in [-0.1, -0.05) is 25.1 Å². The molecule has 168 valence electrons. The maximum Gasteiger partial charge on any atom is 0.251 e. The second kappa shape index (κ2) is 12.4. The van der Waals surface area contributed by atoms with Gasteiger partial charge in [-0.3, -0.25) is 9.79 Å². The van der Waals surface area contributed by atoms with Crippen LogP contribution in [0.2, 0.25) is 0 Å². The van der Waals surface area contributed by atoms with Gasteiger partial charge < -0.3 is 25.4 Å². The molecule has 8 heteroatoms. The van der Waals surface area contributed by atoms with Crippen molar-refractivity contribution in [3.05, 3.63) is 59.2 Å². The summed E-state index contributed by atoms with van der Waals surface area (Å²) < 4.78 is 10.8. The zero-order chi connectivity index (χ0) is 21.3. The monoisotopic (exact) mass is 538 g/mol. The molecule has 2 aromatic rings. The van der Waals surface area contributed by atoms with Crippen molar-refractivity contribution in [3.63, 3.8) is 0 Å². The van der Waals surface area contributed by atoms with Crippen LogP contribution >= 0.6 is 24.0 Å². The van der Waals surface area contributed by atoms with Crippen LogP contribution in [0.5, 0.6) is 11.5 Å². The molecule has 3 rings (SSSR count). The lowest BCUT2D eigenvalue weighted by Crippen LogP contribution is -2.38. The molecule has 1 heterocycles. The zero-order valence-corrected chi connectivity index (χ0v) is 20.6. The van der Waals surface area contributed by atoms with E-state index in [0.717, 1.165) is 36.4 Å². The van der Waals surface area contributed by atoms with Crippen molar-refractivity contribution >= 4 is 35.8 Å². The molecule has 7 nitrogen and oxygen atoms in total. The van der Waals surface area contributed by atoms with Crippen LogP contribution in [0.3, 0.4) is 0 Å². The number of benzene rings is 2. The van der Waals surface area contributed by atoms with E-state index in [9.17, 15) is 4.79 Å². The second-order valence-electron chi connectivity index (χ2n) is 7.27. The Hall–Kier alpha value is -2.49.